The number of para-hydroxylation sites is 1. The zero-order valence-electron chi connectivity index (χ0n) is 22.2. The molecule has 9 heteroatoms. The first-order valence-electron chi connectivity index (χ1n) is 13.4. The minimum Gasteiger partial charge on any atom is -0.353 e. The number of nitrogens with zero attached hydrogens (tertiary/aromatic N) is 2. The summed E-state index contributed by atoms with van der Waals surface area (Å²) in [7, 11) is -3.30. The van der Waals surface area contributed by atoms with Crippen LogP contribution in [0.4, 0.5) is 5.69 Å². The summed E-state index contributed by atoms with van der Waals surface area (Å²) in [4.78, 5) is 7.24. The summed E-state index contributed by atoms with van der Waals surface area (Å²) < 4.78 is 24.2. The van der Waals surface area contributed by atoms with E-state index >= 15 is 0 Å². The first-order valence-corrected chi connectivity index (χ1v) is 16.5. The highest BCUT2D eigenvalue weighted by molar-refractivity contribution is 7.90. The normalized spacial score (nSPS) is 17.9. The zero-order chi connectivity index (χ0) is 27.4. The highest BCUT2D eigenvalue weighted by Gasteiger charge is 2.26. The minimum absolute atomic E-state index is 0.301. The molecule has 0 amide bonds. The van der Waals surface area contributed by atoms with Gasteiger partial charge in [-0.15, -0.1) is 11.3 Å². The van der Waals surface area contributed by atoms with Gasteiger partial charge >= 0.3 is 0 Å². The molecule has 3 aromatic rings. The second kappa shape index (κ2) is 12.4. The van der Waals surface area contributed by atoms with Crippen LogP contribution in [0, 0.1) is 5.41 Å². The molecule has 0 aliphatic carbocycles. The summed E-state index contributed by atoms with van der Waals surface area (Å²) in [5, 5.41) is 12.9. The third-order valence-corrected chi connectivity index (χ3v) is 10.1. The molecule has 0 atom stereocenters. The average molecular weight is 583 g/mol. The molecule has 0 unspecified atom stereocenters. The van der Waals surface area contributed by atoms with Crippen LogP contribution in [0.3, 0.4) is 0 Å². The van der Waals surface area contributed by atoms with E-state index in [2.05, 4.69) is 15.1 Å². The number of hydrogen-bond donors (Lipinski definition) is 2. The lowest BCUT2D eigenvalue weighted by molar-refractivity contribution is 0.137. The number of piperidine rings is 1. The zero-order valence-corrected chi connectivity index (χ0v) is 24.6. The van der Waals surface area contributed by atoms with Crippen molar-refractivity contribution >= 4 is 49.9 Å². The second-order valence-electron chi connectivity index (χ2n) is 10.4. The maximum Gasteiger partial charge on any atom is 0.175 e. The molecule has 2 aliphatic heterocycles. The maximum atomic E-state index is 12.1. The van der Waals surface area contributed by atoms with E-state index in [0.29, 0.717) is 28.2 Å². The molecule has 0 bridgehead atoms. The summed E-state index contributed by atoms with van der Waals surface area (Å²) in [6, 6.07) is 19.3. The summed E-state index contributed by atoms with van der Waals surface area (Å²) in [6.45, 7) is 5.12. The molecule has 0 radical (unpaired) electrons. The highest BCUT2D eigenvalue weighted by Crippen LogP contribution is 2.34. The highest BCUT2D eigenvalue weighted by atomic mass is 35.5. The van der Waals surface area contributed by atoms with Gasteiger partial charge in [-0.05, 0) is 86.8 Å². The molecular formula is C30H35ClN4O2S2. The van der Waals surface area contributed by atoms with Crippen LogP contribution in [0.15, 0.2) is 71.6 Å². The largest absolute Gasteiger partial charge is 0.353 e. The third kappa shape index (κ3) is 7.18. The predicted octanol–water partition coefficient (Wildman–Crippen LogP) is 6.50. The Hall–Kier alpha value is -2.49. The molecule has 2 fully saturated rings. The Morgan fingerprint density at radius 3 is 2.51 bits per heavy atom. The monoisotopic (exact) mass is 582 g/mol. The van der Waals surface area contributed by atoms with E-state index in [0.717, 1.165) is 39.8 Å². The molecule has 2 aromatic carbocycles. The number of anilines is 1. The van der Waals surface area contributed by atoms with E-state index < -0.39 is 9.84 Å². The smallest absolute Gasteiger partial charge is 0.175 e. The van der Waals surface area contributed by atoms with Crippen molar-refractivity contribution in [1.82, 2.24) is 9.80 Å². The van der Waals surface area contributed by atoms with Crippen LogP contribution >= 0.6 is 22.9 Å². The topological polar surface area (TPSA) is 76.5 Å². The lowest BCUT2D eigenvalue weighted by atomic mass is 10.0. The molecule has 3 heterocycles. The van der Waals surface area contributed by atoms with Crippen LogP contribution in [-0.2, 0) is 9.84 Å². The minimum atomic E-state index is -3.30. The van der Waals surface area contributed by atoms with E-state index in [-0.39, 0.29) is 0 Å². The van der Waals surface area contributed by atoms with E-state index in [4.69, 9.17) is 17.0 Å². The second-order valence-corrected chi connectivity index (χ2v) is 13.9. The van der Waals surface area contributed by atoms with Crippen LogP contribution < -0.4 is 5.32 Å². The van der Waals surface area contributed by atoms with Crippen molar-refractivity contribution < 1.29 is 8.42 Å². The molecule has 2 N–H and O–H groups in total. The van der Waals surface area contributed by atoms with Gasteiger partial charge in [0.25, 0.3) is 0 Å². The Morgan fingerprint density at radius 1 is 1.05 bits per heavy atom. The van der Waals surface area contributed by atoms with Crippen molar-refractivity contribution in [2.75, 3.05) is 44.3 Å². The fraction of sp³-hybridized carbons (Fsp3) is 0.367. The Kier molecular flexibility index (Phi) is 8.89. The van der Waals surface area contributed by atoms with Gasteiger partial charge in [-0.25, -0.2) is 8.42 Å². The van der Waals surface area contributed by atoms with Crippen molar-refractivity contribution in [2.45, 2.75) is 36.6 Å². The number of likely N-dealkylation sites (tertiary alicyclic amines) is 2. The lowest BCUT2D eigenvalue weighted by Crippen LogP contribution is -2.45. The molecule has 206 valence electrons. The molecule has 1 aromatic heterocycles. The molecule has 0 spiro atoms. The van der Waals surface area contributed by atoms with E-state index in [1.54, 1.807) is 29.5 Å². The molecule has 2 saturated heterocycles. The Labute approximate surface area is 240 Å². The molecule has 39 heavy (non-hydrogen) atoms. The van der Waals surface area contributed by atoms with Gasteiger partial charge in [-0.1, -0.05) is 35.9 Å². The number of thiophene rings is 1. The van der Waals surface area contributed by atoms with Gasteiger partial charge in [0.2, 0.25) is 0 Å². The summed E-state index contributed by atoms with van der Waals surface area (Å²) in [5.41, 5.74) is 2.97. The maximum absolute atomic E-state index is 12.1. The van der Waals surface area contributed by atoms with Crippen LogP contribution in [0.25, 0.3) is 16.1 Å². The quantitative estimate of drug-likeness (QED) is 0.281. The van der Waals surface area contributed by atoms with Gasteiger partial charge in [0.05, 0.1) is 26.2 Å². The molecule has 6 nitrogen and oxygen atoms in total. The van der Waals surface area contributed by atoms with Crippen LogP contribution in [0.5, 0.6) is 0 Å². The van der Waals surface area contributed by atoms with Gasteiger partial charge < -0.3 is 15.6 Å². The Balaban J connectivity index is 1.35. The lowest BCUT2D eigenvalue weighted by Gasteiger charge is -2.36. The average Bonchev–Trinajstić information content (AvgIpc) is 3.63. The molecule has 2 aliphatic rings. The number of nitrogens with one attached hydrogen (secondary N) is 2. The van der Waals surface area contributed by atoms with E-state index in [1.807, 2.05) is 48.5 Å². The number of rotatable bonds is 9. The Morgan fingerprint density at radius 2 is 1.79 bits per heavy atom. The van der Waals surface area contributed by atoms with E-state index in [9.17, 15) is 8.42 Å². The first kappa shape index (κ1) is 28.1. The van der Waals surface area contributed by atoms with E-state index in [1.165, 1.54) is 45.0 Å². The van der Waals surface area contributed by atoms with Crippen LogP contribution in [-0.4, -0.2) is 69.0 Å². The number of sulfone groups is 1. The van der Waals surface area contributed by atoms with Gasteiger partial charge in [-0.2, -0.15) is 0 Å². The number of halogens is 1. The van der Waals surface area contributed by atoms with Crippen molar-refractivity contribution in [3.8, 4) is 10.4 Å². The number of hydrogen-bond acceptors (Lipinski definition) is 7. The molecular weight excluding hydrogens is 548 g/mol. The van der Waals surface area contributed by atoms with Crippen molar-refractivity contribution in [3.63, 3.8) is 0 Å². The van der Waals surface area contributed by atoms with Crippen molar-refractivity contribution in [1.29, 1.82) is 5.41 Å². The number of benzene rings is 2. The summed E-state index contributed by atoms with van der Waals surface area (Å²) in [6.07, 6.45) is 8.11. The van der Waals surface area contributed by atoms with Gasteiger partial charge in [0.15, 0.2) is 9.84 Å². The summed E-state index contributed by atoms with van der Waals surface area (Å²) in [5.74, 6) is 0. The van der Waals surface area contributed by atoms with Crippen LogP contribution in [0.1, 0.15) is 30.6 Å². The van der Waals surface area contributed by atoms with Crippen LogP contribution in [0.2, 0.25) is 5.02 Å². The van der Waals surface area contributed by atoms with Crippen molar-refractivity contribution in [2.24, 2.45) is 0 Å². The van der Waals surface area contributed by atoms with Crippen molar-refractivity contribution in [3.05, 3.63) is 76.6 Å². The molecule has 5 rings (SSSR count). The molecule has 0 saturated carbocycles. The first-order chi connectivity index (χ1) is 18.8. The van der Waals surface area contributed by atoms with Gasteiger partial charge in [0.1, 0.15) is 0 Å². The van der Waals surface area contributed by atoms with Gasteiger partial charge in [-0.3, -0.25) is 4.90 Å². The fourth-order valence-corrected chi connectivity index (χ4v) is 7.23. The van der Waals surface area contributed by atoms with Gasteiger partial charge in [0, 0.05) is 42.5 Å². The predicted molar refractivity (Wildman–Crippen MR) is 164 cm³/mol. The Bertz CT molecular complexity index is 1450. The fourth-order valence-electron chi connectivity index (χ4n) is 5.40. The standard InChI is InChI=1S/C30H35ClN4O2S2/c1-39(36,37)25-8-6-7-22(19-25)29-11-12-30(38-29)28(33-27-10-3-2-9-26(27)31)20-23(32)21-34-17-13-24(14-18-34)35-15-4-5-16-35/h2-3,6-12,19-20,24,32-33H,4-5,13-18,21H2,1H3/b28-20-,32-23?. The third-order valence-electron chi connectivity index (χ3n) is 7.49. The SMILES string of the molecule is CS(=O)(=O)c1cccc(-c2ccc(/C(=C/C(=N)CN3CCC(N4CCCC4)CC3)Nc3ccccc3Cl)s2)c1. The summed E-state index contributed by atoms with van der Waals surface area (Å²) >= 11 is 8.02.